The number of rotatable bonds is 5. The molecule has 0 radical (unpaired) electrons. The quantitative estimate of drug-likeness (QED) is 0.162. The smallest absolute Gasteiger partial charge is 0.0979 e. The summed E-state index contributed by atoms with van der Waals surface area (Å²) in [5.74, 6) is 0. The first-order valence-electron chi connectivity index (χ1n) is 22.7. The minimum Gasteiger partial charge on any atom is -0.309 e. The number of fused-ring (bicyclic) bond motifs is 15. The van der Waals surface area contributed by atoms with Crippen LogP contribution in [0.4, 0.5) is 0 Å². The fourth-order valence-corrected chi connectivity index (χ4v) is 10.6. The van der Waals surface area contributed by atoms with Gasteiger partial charge in [0.1, 0.15) is 0 Å². The molecule has 0 saturated carbocycles. The van der Waals surface area contributed by atoms with Gasteiger partial charge in [-0.15, -0.1) is 0 Å². The van der Waals surface area contributed by atoms with Crippen molar-refractivity contribution in [2.75, 3.05) is 0 Å². The van der Waals surface area contributed by atoms with E-state index in [1.54, 1.807) is 0 Å². The molecule has 0 aliphatic rings. The Bertz CT molecular complexity index is 4010. The Morgan fingerprint density at radius 3 is 1.03 bits per heavy atom. The number of nitrogens with zero attached hydrogens (tertiary/aromatic N) is 5. The van der Waals surface area contributed by atoms with E-state index < -0.39 is 0 Å². The van der Waals surface area contributed by atoms with Crippen molar-refractivity contribution in [3.05, 3.63) is 225 Å². The molecule has 11 aromatic carbocycles. The molecule has 14 aromatic rings. The summed E-state index contributed by atoms with van der Waals surface area (Å²) in [5, 5.41) is 11.5. The van der Waals surface area contributed by atoms with Crippen molar-refractivity contribution in [1.29, 1.82) is 0 Å². The van der Waals surface area contributed by atoms with Crippen LogP contribution in [0.1, 0.15) is 0 Å². The van der Waals surface area contributed by atoms with Gasteiger partial charge in [-0.3, -0.25) is 9.97 Å². The molecule has 0 N–H and O–H groups in total. The number of benzene rings is 11. The minimum atomic E-state index is 0.840. The monoisotopic (exact) mass is 851 g/mol. The first-order chi connectivity index (χ1) is 33.2. The van der Waals surface area contributed by atoms with Crippen LogP contribution in [-0.2, 0) is 0 Å². The van der Waals surface area contributed by atoms with E-state index in [4.69, 9.17) is 19.9 Å². The lowest BCUT2D eigenvalue weighted by Gasteiger charge is -2.13. The summed E-state index contributed by atoms with van der Waals surface area (Å²) in [6.45, 7) is 0. The van der Waals surface area contributed by atoms with Gasteiger partial charge in [-0.25, -0.2) is 9.97 Å². The van der Waals surface area contributed by atoms with Crippen LogP contribution in [0.25, 0.3) is 137 Å². The third-order valence-electron chi connectivity index (χ3n) is 13.7. The maximum atomic E-state index is 5.41. The summed E-state index contributed by atoms with van der Waals surface area (Å²) < 4.78 is 2.38. The summed E-state index contributed by atoms with van der Waals surface area (Å²) in [5.41, 5.74) is 15.2. The van der Waals surface area contributed by atoms with Gasteiger partial charge in [-0.1, -0.05) is 176 Å². The topological polar surface area (TPSA) is 56.5 Å². The minimum absolute atomic E-state index is 0.840. The Kier molecular flexibility index (Phi) is 8.21. The zero-order valence-electron chi connectivity index (χ0n) is 36.1. The van der Waals surface area contributed by atoms with E-state index in [-0.39, 0.29) is 0 Å². The summed E-state index contributed by atoms with van der Waals surface area (Å²) >= 11 is 0. The Morgan fingerprint density at radius 2 is 0.612 bits per heavy atom. The fourth-order valence-electron chi connectivity index (χ4n) is 10.6. The highest BCUT2D eigenvalue weighted by atomic mass is 15.0. The van der Waals surface area contributed by atoms with Crippen molar-refractivity contribution < 1.29 is 0 Å². The Labute approximate surface area is 384 Å². The molecule has 5 heteroatoms. The van der Waals surface area contributed by atoms with Gasteiger partial charge in [0.25, 0.3) is 0 Å². The summed E-state index contributed by atoms with van der Waals surface area (Å²) in [6.07, 6.45) is 3.88. The molecule has 0 aliphatic heterocycles. The maximum absolute atomic E-state index is 5.41. The normalized spacial score (nSPS) is 11.9. The second kappa shape index (κ2) is 14.7. The standard InChI is InChI=1S/C62H37N5/c1-2-16-40(17-3-1)67-57-32-30-38(41-18-4-10-24-47(41)55-36-63-59-49-26-12-6-20-43(49)45-22-8-14-28-51(45)61(59)65-55)34-53(57)54-35-39(31-33-58(54)67)42-19-5-11-25-48(42)56-37-64-60-50-27-13-7-21-44(50)46-23-9-15-29-52(46)62(60)66-56/h1-37H. The first kappa shape index (κ1) is 37.3. The van der Waals surface area contributed by atoms with Crippen LogP contribution in [0.3, 0.4) is 0 Å². The first-order valence-corrected chi connectivity index (χ1v) is 22.7. The second-order valence-electron chi connectivity index (χ2n) is 17.3. The van der Waals surface area contributed by atoms with Crippen LogP contribution in [0.5, 0.6) is 0 Å². The van der Waals surface area contributed by atoms with Gasteiger partial charge in [0, 0.05) is 49.1 Å². The SMILES string of the molecule is c1ccc(-n2c3ccc(-c4ccccc4-c4cnc5c6ccccc6c6ccccc6c5n4)cc3c3cc(-c4ccccc4-c4cnc5c6ccccc6c6ccccc6c5n4)ccc32)cc1. The van der Waals surface area contributed by atoms with Crippen molar-refractivity contribution >= 4 is 87.0 Å². The number of hydrogen-bond acceptors (Lipinski definition) is 4. The lowest BCUT2D eigenvalue weighted by Crippen LogP contribution is -1.94. The van der Waals surface area contributed by atoms with Crippen molar-refractivity contribution in [2.24, 2.45) is 0 Å². The van der Waals surface area contributed by atoms with Crippen LogP contribution >= 0.6 is 0 Å². The average Bonchev–Trinajstić information content (AvgIpc) is 3.74. The molecule has 3 aromatic heterocycles. The summed E-state index contributed by atoms with van der Waals surface area (Å²) in [4.78, 5) is 21.1. The number of hydrogen-bond donors (Lipinski definition) is 0. The molecular formula is C62H37N5. The van der Waals surface area contributed by atoms with E-state index in [1.165, 1.54) is 21.5 Å². The average molecular weight is 852 g/mol. The molecule has 3 heterocycles. The van der Waals surface area contributed by atoms with Crippen molar-refractivity contribution in [2.45, 2.75) is 0 Å². The highest BCUT2D eigenvalue weighted by molar-refractivity contribution is 6.24. The molecule has 5 nitrogen and oxygen atoms in total. The molecule has 0 bridgehead atoms. The van der Waals surface area contributed by atoms with Gasteiger partial charge in [0.2, 0.25) is 0 Å². The van der Waals surface area contributed by atoms with Crippen LogP contribution in [0.2, 0.25) is 0 Å². The fraction of sp³-hybridized carbons (Fsp3) is 0. The van der Waals surface area contributed by atoms with Gasteiger partial charge in [-0.05, 0) is 80.2 Å². The van der Waals surface area contributed by atoms with Crippen molar-refractivity contribution in [1.82, 2.24) is 24.5 Å². The molecule has 0 saturated heterocycles. The number of para-hydroxylation sites is 1. The number of aromatic nitrogens is 5. The highest BCUT2D eigenvalue weighted by Gasteiger charge is 2.20. The van der Waals surface area contributed by atoms with E-state index in [0.29, 0.717) is 0 Å². The third-order valence-corrected chi connectivity index (χ3v) is 13.7. The van der Waals surface area contributed by atoms with E-state index in [0.717, 1.165) is 116 Å². The third kappa shape index (κ3) is 5.75. The van der Waals surface area contributed by atoms with E-state index in [2.05, 4.69) is 217 Å². The van der Waals surface area contributed by atoms with Crippen molar-refractivity contribution in [3.63, 3.8) is 0 Å². The lowest BCUT2D eigenvalue weighted by atomic mass is 9.94. The lowest BCUT2D eigenvalue weighted by molar-refractivity contribution is 1.18. The zero-order valence-corrected chi connectivity index (χ0v) is 36.1. The van der Waals surface area contributed by atoms with E-state index in [9.17, 15) is 0 Å². The van der Waals surface area contributed by atoms with E-state index >= 15 is 0 Å². The predicted octanol–water partition coefficient (Wildman–Crippen LogP) is 16.0. The van der Waals surface area contributed by atoms with Crippen LogP contribution in [0.15, 0.2) is 225 Å². The Morgan fingerprint density at radius 1 is 0.269 bits per heavy atom. The Hall–Kier alpha value is -9.06. The van der Waals surface area contributed by atoms with Crippen LogP contribution < -0.4 is 0 Å². The molecule has 14 rings (SSSR count). The molecule has 0 fully saturated rings. The predicted molar refractivity (Wildman–Crippen MR) is 279 cm³/mol. The van der Waals surface area contributed by atoms with E-state index in [1.807, 2.05) is 12.4 Å². The largest absolute Gasteiger partial charge is 0.309 e. The molecule has 0 unspecified atom stereocenters. The Balaban J connectivity index is 0.949. The molecule has 0 aliphatic carbocycles. The summed E-state index contributed by atoms with van der Waals surface area (Å²) in [6, 6.07) is 75.6. The van der Waals surface area contributed by atoms with Gasteiger partial charge >= 0.3 is 0 Å². The van der Waals surface area contributed by atoms with Gasteiger partial charge < -0.3 is 4.57 Å². The molecule has 0 atom stereocenters. The van der Waals surface area contributed by atoms with Gasteiger partial charge in [0.05, 0.1) is 56.9 Å². The second-order valence-corrected chi connectivity index (χ2v) is 17.3. The highest BCUT2D eigenvalue weighted by Crippen LogP contribution is 2.42. The zero-order chi connectivity index (χ0) is 44.0. The van der Waals surface area contributed by atoms with Crippen LogP contribution in [0, 0.1) is 0 Å². The molecular weight excluding hydrogens is 815 g/mol. The molecule has 310 valence electrons. The van der Waals surface area contributed by atoms with Crippen LogP contribution in [-0.4, -0.2) is 24.5 Å². The van der Waals surface area contributed by atoms with Crippen molar-refractivity contribution in [3.8, 4) is 50.5 Å². The molecule has 0 amide bonds. The summed E-state index contributed by atoms with van der Waals surface area (Å²) in [7, 11) is 0. The van der Waals surface area contributed by atoms with Gasteiger partial charge in [0.15, 0.2) is 0 Å². The van der Waals surface area contributed by atoms with Gasteiger partial charge in [-0.2, -0.15) is 0 Å². The molecule has 67 heavy (non-hydrogen) atoms. The maximum Gasteiger partial charge on any atom is 0.0979 e. The molecule has 0 spiro atoms.